The van der Waals surface area contributed by atoms with E-state index in [9.17, 15) is 13.2 Å². The fourth-order valence-corrected chi connectivity index (χ4v) is 4.56. The van der Waals surface area contributed by atoms with Crippen molar-refractivity contribution >= 4 is 32.2 Å². The number of carbonyl (C=O) groups is 1. The van der Waals surface area contributed by atoms with E-state index in [2.05, 4.69) is 5.32 Å². The Bertz CT molecular complexity index is 1280. The molecular weight excluding hydrogens is 382 g/mol. The Morgan fingerprint density at radius 1 is 0.724 bits per heavy atom. The van der Waals surface area contributed by atoms with E-state index in [1.165, 1.54) is 0 Å². The molecule has 0 radical (unpaired) electrons. The van der Waals surface area contributed by atoms with Crippen LogP contribution in [-0.2, 0) is 15.6 Å². The molecule has 0 atom stereocenters. The highest BCUT2D eigenvalue weighted by Gasteiger charge is 2.16. The summed E-state index contributed by atoms with van der Waals surface area (Å²) in [6.07, 6.45) is 0. The topological polar surface area (TPSA) is 63.2 Å². The highest BCUT2D eigenvalue weighted by Crippen LogP contribution is 2.21. The molecule has 29 heavy (non-hydrogen) atoms. The van der Waals surface area contributed by atoms with Crippen LogP contribution in [0.4, 0.5) is 5.69 Å². The molecule has 0 saturated heterocycles. The lowest BCUT2D eigenvalue weighted by atomic mass is 10.1. The molecule has 0 aliphatic carbocycles. The van der Waals surface area contributed by atoms with Gasteiger partial charge in [0.1, 0.15) is 0 Å². The summed E-state index contributed by atoms with van der Waals surface area (Å²) in [7, 11) is -3.47. The quantitative estimate of drug-likeness (QED) is 0.508. The van der Waals surface area contributed by atoms with Crippen molar-refractivity contribution in [1.82, 2.24) is 0 Å². The summed E-state index contributed by atoms with van der Waals surface area (Å²) in [5, 5.41) is 5.01. The van der Waals surface area contributed by atoms with E-state index in [1.807, 2.05) is 42.5 Å². The van der Waals surface area contributed by atoms with E-state index in [0.29, 0.717) is 16.8 Å². The molecule has 4 nitrogen and oxygen atoms in total. The molecule has 144 valence electrons. The number of fused-ring (bicyclic) bond motifs is 1. The third-order valence-electron chi connectivity index (χ3n) is 4.66. The van der Waals surface area contributed by atoms with Crippen molar-refractivity contribution in [3.8, 4) is 0 Å². The maximum Gasteiger partial charge on any atom is 0.255 e. The predicted molar refractivity (Wildman–Crippen MR) is 116 cm³/mol. The van der Waals surface area contributed by atoms with Crippen LogP contribution >= 0.6 is 0 Å². The second-order valence-corrected chi connectivity index (χ2v) is 8.78. The first-order chi connectivity index (χ1) is 14.0. The van der Waals surface area contributed by atoms with Gasteiger partial charge in [-0.05, 0) is 52.7 Å². The Morgan fingerprint density at radius 2 is 1.45 bits per heavy atom. The van der Waals surface area contributed by atoms with E-state index >= 15 is 0 Å². The summed E-state index contributed by atoms with van der Waals surface area (Å²) in [4.78, 5) is 12.9. The van der Waals surface area contributed by atoms with Gasteiger partial charge in [-0.25, -0.2) is 8.42 Å². The van der Waals surface area contributed by atoms with Crippen LogP contribution in [0.3, 0.4) is 0 Å². The Hall–Kier alpha value is -3.44. The van der Waals surface area contributed by atoms with Gasteiger partial charge in [-0.2, -0.15) is 0 Å². The molecule has 0 aromatic heterocycles. The van der Waals surface area contributed by atoms with Crippen LogP contribution in [0.15, 0.2) is 102 Å². The van der Waals surface area contributed by atoms with Gasteiger partial charge in [0.25, 0.3) is 5.91 Å². The number of hydrogen-bond acceptors (Lipinski definition) is 3. The number of hydrogen-bond donors (Lipinski definition) is 1. The van der Waals surface area contributed by atoms with Gasteiger partial charge in [-0.15, -0.1) is 0 Å². The molecule has 0 unspecified atom stereocenters. The monoisotopic (exact) mass is 401 g/mol. The molecule has 1 N–H and O–H groups in total. The minimum absolute atomic E-state index is 0.159. The van der Waals surface area contributed by atoms with E-state index < -0.39 is 9.84 Å². The summed E-state index contributed by atoms with van der Waals surface area (Å²) in [5.74, 6) is -0.437. The molecule has 0 spiro atoms. The largest absolute Gasteiger partial charge is 0.322 e. The van der Waals surface area contributed by atoms with Gasteiger partial charge in [-0.1, -0.05) is 60.7 Å². The number of nitrogens with one attached hydrogen (secondary N) is 1. The van der Waals surface area contributed by atoms with Crippen molar-refractivity contribution in [3.05, 3.63) is 108 Å². The predicted octanol–water partition coefficient (Wildman–Crippen LogP) is 5.07. The molecule has 0 saturated carbocycles. The highest BCUT2D eigenvalue weighted by atomic mass is 32.2. The van der Waals surface area contributed by atoms with Crippen LogP contribution in [-0.4, -0.2) is 14.3 Å². The van der Waals surface area contributed by atoms with Gasteiger partial charge in [0.05, 0.1) is 10.6 Å². The number of rotatable bonds is 5. The van der Waals surface area contributed by atoms with Gasteiger partial charge in [-0.3, -0.25) is 4.79 Å². The summed E-state index contributed by atoms with van der Waals surface area (Å²) in [6, 6.07) is 28.7. The van der Waals surface area contributed by atoms with Gasteiger partial charge in [0, 0.05) is 11.3 Å². The first-order valence-corrected chi connectivity index (χ1v) is 10.8. The van der Waals surface area contributed by atoms with Crippen molar-refractivity contribution in [2.45, 2.75) is 10.6 Å². The number of benzene rings is 4. The van der Waals surface area contributed by atoms with Crippen LogP contribution in [0.2, 0.25) is 0 Å². The molecule has 4 rings (SSSR count). The minimum atomic E-state index is -3.47. The molecule has 4 aromatic carbocycles. The standard InChI is InChI=1S/C24H19NO3S/c26-24(25-22-14-13-19-8-4-5-9-20(19)16-22)21-10-6-7-18(15-21)17-29(27,28)23-11-2-1-3-12-23/h1-16H,17H2,(H,25,26). The number of anilines is 1. The van der Waals surface area contributed by atoms with Gasteiger partial charge in [0.15, 0.2) is 9.84 Å². The zero-order chi connectivity index (χ0) is 20.3. The van der Waals surface area contributed by atoms with Gasteiger partial charge < -0.3 is 5.32 Å². The van der Waals surface area contributed by atoms with Crippen molar-refractivity contribution in [3.63, 3.8) is 0 Å². The third-order valence-corrected chi connectivity index (χ3v) is 6.36. The Morgan fingerprint density at radius 3 is 2.24 bits per heavy atom. The van der Waals surface area contributed by atoms with Crippen molar-refractivity contribution < 1.29 is 13.2 Å². The van der Waals surface area contributed by atoms with Gasteiger partial charge >= 0.3 is 0 Å². The lowest BCUT2D eigenvalue weighted by Gasteiger charge is -2.09. The Labute approximate surface area is 169 Å². The van der Waals surface area contributed by atoms with Crippen molar-refractivity contribution in [2.24, 2.45) is 0 Å². The first-order valence-electron chi connectivity index (χ1n) is 9.18. The van der Waals surface area contributed by atoms with Crippen LogP contribution in [0, 0.1) is 0 Å². The summed E-state index contributed by atoms with van der Waals surface area (Å²) >= 11 is 0. The van der Waals surface area contributed by atoms with Gasteiger partial charge in [0.2, 0.25) is 0 Å². The SMILES string of the molecule is O=C(Nc1ccc2ccccc2c1)c1cccc(CS(=O)(=O)c2ccccc2)c1. The zero-order valence-corrected chi connectivity index (χ0v) is 16.4. The fourth-order valence-electron chi connectivity index (χ4n) is 3.20. The average Bonchev–Trinajstić information content (AvgIpc) is 2.74. The number of amides is 1. The van der Waals surface area contributed by atoms with Crippen LogP contribution in [0.1, 0.15) is 15.9 Å². The van der Waals surface area contributed by atoms with E-state index in [-0.39, 0.29) is 16.6 Å². The van der Waals surface area contributed by atoms with E-state index in [0.717, 1.165) is 10.8 Å². The summed E-state index contributed by atoms with van der Waals surface area (Å²) in [5.41, 5.74) is 1.68. The second kappa shape index (κ2) is 7.89. The second-order valence-electron chi connectivity index (χ2n) is 6.79. The first kappa shape index (κ1) is 18.9. The summed E-state index contributed by atoms with van der Waals surface area (Å²) in [6.45, 7) is 0. The van der Waals surface area contributed by atoms with Crippen LogP contribution in [0.5, 0.6) is 0 Å². The van der Waals surface area contributed by atoms with E-state index in [1.54, 1.807) is 54.6 Å². The molecule has 0 fully saturated rings. The lowest BCUT2D eigenvalue weighted by Crippen LogP contribution is -2.12. The van der Waals surface area contributed by atoms with E-state index in [4.69, 9.17) is 0 Å². The number of carbonyl (C=O) groups excluding carboxylic acids is 1. The maximum absolute atomic E-state index is 12.7. The lowest BCUT2D eigenvalue weighted by molar-refractivity contribution is 0.102. The number of sulfone groups is 1. The van der Waals surface area contributed by atoms with Crippen molar-refractivity contribution in [1.29, 1.82) is 0 Å². The third kappa shape index (κ3) is 4.36. The van der Waals surface area contributed by atoms with Crippen LogP contribution in [0.25, 0.3) is 10.8 Å². The normalized spacial score (nSPS) is 11.3. The molecule has 1 amide bonds. The molecule has 5 heteroatoms. The molecule has 4 aromatic rings. The molecule has 0 heterocycles. The molecular formula is C24H19NO3S. The molecule has 0 aliphatic heterocycles. The van der Waals surface area contributed by atoms with Crippen molar-refractivity contribution in [2.75, 3.05) is 5.32 Å². The zero-order valence-electron chi connectivity index (χ0n) is 15.6. The average molecular weight is 401 g/mol. The maximum atomic E-state index is 12.7. The highest BCUT2D eigenvalue weighted by molar-refractivity contribution is 7.90. The Kier molecular flexibility index (Phi) is 5.14. The smallest absolute Gasteiger partial charge is 0.255 e. The minimum Gasteiger partial charge on any atom is -0.322 e. The van der Waals surface area contributed by atoms with Crippen LogP contribution < -0.4 is 5.32 Å². The molecule has 0 bridgehead atoms. The fraction of sp³-hybridized carbons (Fsp3) is 0.0417. The molecule has 0 aliphatic rings. The summed E-state index contributed by atoms with van der Waals surface area (Å²) < 4.78 is 25.2. The Balaban J connectivity index is 1.54.